The van der Waals surface area contributed by atoms with Crippen molar-refractivity contribution in [2.24, 2.45) is 0 Å². The molecule has 11 heavy (non-hydrogen) atoms. The van der Waals surface area contributed by atoms with Crippen LogP contribution in [0.4, 0.5) is 0 Å². The van der Waals surface area contributed by atoms with Crippen molar-refractivity contribution in [2.45, 2.75) is 33.7 Å². The van der Waals surface area contributed by atoms with Gasteiger partial charge in [-0.2, -0.15) is 0 Å². The van der Waals surface area contributed by atoms with Crippen LogP contribution < -0.4 is 5.56 Å². The van der Waals surface area contributed by atoms with Crippen molar-refractivity contribution < 1.29 is 0 Å². The molecule has 0 saturated carbocycles. The van der Waals surface area contributed by atoms with Crippen LogP contribution in [-0.4, -0.2) is 9.78 Å². The molecule has 0 aliphatic carbocycles. The molecule has 0 aliphatic heterocycles. The zero-order valence-electron chi connectivity index (χ0n) is 7.59. The van der Waals surface area contributed by atoms with Crippen molar-refractivity contribution >= 4 is 0 Å². The molecule has 3 heteroatoms. The molecule has 64 valence electrons. The topological polar surface area (TPSA) is 37.8 Å². The Morgan fingerprint density at radius 1 is 1.45 bits per heavy atom. The fourth-order valence-corrected chi connectivity index (χ4v) is 0.651. The smallest absolute Gasteiger partial charge is 0.264 e. The maximum absolute atomic E-state index is 10.5. The third kappa shape index (κ3) is 3.07. The first kappa shape index (κ1) is 10.0. The van der Waals surface area contributed by atoms with Gasteiger partial charge in [0.15, 0.2) is 0 Å². The molecule has 0 bridgehead atoms. The predicted octanol–water partition coefficient (Wildman–Crippen LogP) is 1.78. The maximum atomic E-state index is 10.5. The lowest BCUT2D eigenvalue weighted by Gasteiger charge is -2.03. The third-order valence-electron chi connectivity index (χ3n) is 1.18. The van der Waals surface area contributed by atoms with Gasteiger partial charge in [-0.1, -0.05) is 13.8 Å². The highest BCUT2D eigenvalue weighted by Crippen LogP contribution is 1.96. The summed E-state index contributed by atoms with van der Waals surface area (Å²) < 4.78 is 1.77. The maximum Gasteiger partial charge on any atom is 0.264 e. The largest absolute Gasteiger partial charge is 0.290 e. The molecule has 1 aromatic heterocycles. The predicted molar refractivity (Wildman–Crippen MR) is 46.8 cm³/mol. The summed E-state index contributed by atoms with van der Waals surface area (Å²) in [6, 6.07) is 1.85. The van der Waals surface area contributed by atoms with Crippen LogP contribution in [-0.2, 0) is 0 Å². The lowest BCUT2D eigenvalue weighted by molar-refractivity contribution is 0.528. The van der Waals surface area contributed by atoms with Crippen molar-refractivity contribution in [1.82, 2.24) is 9.78 Å². The quantitative estimate of drug-likeness (QED) is 0.661. The standard InChI is InChI=1S/C6H10N2O.C2H6/c1-5(2)8-4-3-6(9)7-8;1-2/h3-5H,1-2H3,(H,7,9);1-2H3. The van der Waals surface area contributed by atoms with Gasteiger partial charge in [-0.3, -0.25) is 14.6 Å². The highest BCUT2D eigenvalue weighted by Gasteiger charge is 1.93. The summed E-state index contributed by atoms with van der Waals surface area (Å²) in [7, 11) is 0. The normalized spacial score (nSPS) is 9.18. The van der Waals surface area contributed by atoms with E-state index in [9.17, 15) is 4.79 Å². The second kappa shape index (κ2) is 4.77. The SMILES string of the molecule is CC.CC(C)n1ccc(=O)[nH]1. The summed E-state index contributed by atoms with van der Waals surface area (Å²) in [6.45, 7) is 8.02. The van der Waals surface area contributed by atoms with Gasteiger partial charge < -0.3 is 0 Å². The van der Waals surface area contributed by atoms with Crippen molar-refractivity contribution in [3.8, 4) is 0 Å². The van der Waals surface area contributed by atoms with Crippen LogP contribution in [0.2, 0.25) is 0 Å². The number of aromatic amines is 1. The average molecular weight is 156 g/mol. The van der Waals surface area contributed by atoms with E-state index in [1.54, 1.807) is 10.9 Å². The molecule has 0 saturated heterocycles. The van der Waals surface area contributed by atoms with Gasteiger partial charge in [-0.25, -0.2) is 0 Å². The van der Waals surface area contributed by atoms with Gasteiger partial charge in [-0.05, 0) is 13.8 Å². The Morgan fingerprint density at radius 2 is 2.00 bits per heavy atom. The van der Waals surface area contributed by atoms with E-state index in [-0.39, 0.29) is 5.56 Å². The van der Waals surface area contributed by atoms with E-state index in [4.69, 9.17) is 0 Å². The van der Waals surface area contributed by atoms with Crippen LogP contribution in [0.5, 0.6) is 0 Å². The van der Waals surface area contributed by atoms with E-state index in [2.05, 4.69) is 5.10 Å². The first-order chi connectivity index (χ1) is 5.20. The fraction of sp³-hybridized carbons (Fsp3) is 0.625. The second-order valence-corrected chi connectivity index (χ2v) is 2.29. The summed E-state index contributed by atoms with van der Waals surface area (Å²) >= 11 is 0. The first-order valence-corrected chi connectivity index (χ1v) is 3.97. The Morgan fingerprint density at radius 3 is 2.18 bits per heavy atom. The highest BCUT2D eigenvalue weighted by molar-refractivity contribution is 4.80. The van der Waals surface area contributed by atoms with Crippen LogP contribution >= 0.6 is 0 Å². The molecule has 1 N–H and O–H groups in total. The van der Waals surface area contributed by atoms with E-state index in [1.807, 2.05) is 27.7 Å². The molecule has 1 rings (SSSR count). The number of hydrogen-bond donors (Lipinski definition) is 1. The number of nitrogens with one attached hydrogen (secondary N) is 1. The van der Waals surface area contributed by atoms with Gasteiger partial charge in [0.2, 0.25) is 0 Å². The molecule has 0 amide bonds. The lowest BCUT2D eigenvalue weighted by atomic mass is 10.4. The fourth-order valence-electron chi connectivity index (χ4n) is 0.651. The van der Waals surface area contributed by atoms with Gasteiger partial charge in [-0.15, -0.1) is 0 Å². The third-order valence-corrected chi connectivity index (χ3v) is 1.18. The molecule has 0 spiro atoms. The average Bonchev–Trinajstić information content (AvgIpc) is 2.40. The minimum atomic E-state index is -0.0382. The molecule has 3 nitrogen and oxygen atoms in total. The Kier molecular flexibility index (Phi) is 4.34. The van der Waals surface area contributed by atoms with Gasteiger partial charge in [0.1, 0.15) is 0 Å². The van der Waals surface area contributed by atoms with Crippen LogP contribution in [0.3, 0.4) is 0 Å². The molecule has 0 aromatic carbocycles. The number of rotatable bonds is 1. The zero-order chi connectivity index (χ0) is 8.85. The molecule has 1 aromatic rings. The van der Waals surface area contributed by atoms with Crippen LogP contribution in [0.1, 0.15) is 33.7 Å². The second-order valence-electron chi connectivity index (χ2n) is 2.29. The molecular weight excluding hydrogens is 140 g/mol. The Hall–Kier alpha value is -0.990. The number of H-pyrrole nitrogens is 1. The number of hydrogen-bond acceptors (Lipinski definition) is 1. The summed E-state index contributed by atoms with van der Waals surface area (Å²) in [5, 5.41) is 2.64. The van der Waals surface area contributed by atoms with E-state index in [0.29, 0.717) is 6.04 Å². The molecule has 0 aliphatic rings. The molecule has 0 atom stereocenters. The molecule has 1 heterocycles. The van der Waals surface area contributed by atoms with Crippen LogP contribution in [0, 0.1) is 0 Å². The number of nitrogens with zero attached hydrogens (tertiary/aromatic N) is 1. The molecule has 0 fully saturated rings. The number of aromatic nitrogens is 2. The zero-order valence-corrected chi connectivity index (χ0v) is 7.59. The lowest BCUT2D eigenvalue weighted by Crippen LogP contribution is -2.06. The van der Waals surface area contributed by atoms with Crippen molar-refractivity contribution in [1.29, 1.82) is 0 Å². The summed E-state index contributed by atoms with van der Waals surface area (Å²) in [5.41, 5.74) is -0.0382. The highest BCUT2D eigenvalue weighted by atomic mass is 16.1. The summed E-state index contributed by atoms with van der Waals surface area (Å²) in [4.78, 5) is 10.5. The minimum absolute atomic E-state index is 0.0382. The van der Waals surface area contributed by atoms with Gasteiger partial charge in [0.25, 0.3) is 5.56 Å². The van der Waals surface area contributed by atoms with E-state index in [1.165, 1.54) is 6.07 Å². The Bertz CT molecular complexity index is 234. The van der Waals surface area contributed by atoms with Gasteiger partial charge in [0.05, 0.1) is 0 Å². The van der Waals surface area contributed by atoms with Gasteiger partial charge in [0, 0.05) is 18.3 Å². The van der Waals surface area contributed by atoms with E-state index in [0.717, 1.165) is 0 Å². The summed E-state index contributed by atoms with van der Waals surface area (Å²) in [6.07, 6.45) is 1.74. The van der Waals surface area contributed by atoms with E-state index < -0.39 is 0 Å². The Labute approximate surface area is 67.0 Å². The first-order valence-electron chi connectivity index (χ1n) is 3.97. The summed E-state index contributed by atoms with van der Waals surface area (Å²) in [5.74, 6) is 0. The van der Waals surface area contributed by atoms with E-state index >= 15 is 0 Å². The van der Waals surface area contributed by atoms with Gasteiger partial charge >= 0.3 is 0 Å². The monoisotopic (exact) mass is 156 g/mol. The van der Waals surface area contributed by atoms with Crippen molar-refractivity contribution in [3.63, 3.8) is 0 Å². The molecule has 0 unspecified atom stereocenters. The Balaban J connectivity index is 0.000000461. The molecular formula is C8H16N2O. The van der Waals surface area contributed by atoms with Crippen molar-refractivity contribution in [2.75, 3.05) is 0 Å². The van der Waals surface area contributed by atoms with Crippen LogP contribution in [0.25, 0.3) is 0 Å². The van der Waals surface area contributed by atoms with Crippen LogP contribution in [0.15, 0.2) is 17.1 Å². The molecule has 0 radical (unpaired) electrons. The van der Waals surface area contributed by atoms with Crippen molar-refractivity contribution in [3.05, 3.63) is 22.6 Å². The minimum Gasteiger partial charge on any atom is -0.290 e.